The van der Waals surface area contributed by atoms with E-state index in [0.717, 1.165) is 24.2 Å². The second kappa shape index (κ2) is 10.5. The average Bonchev–Trinajstić information content (AvgIpc) is 2.47. The van der Waals surface area contributed by atoms with E-state index in [0.29, 0.717) is 17.6 Å². The number of rotatable bonds is 10. The van der Waals surface area contributed by atoms with Crippen LogP contribution >= 0.6 is 11.8 Å². The Kier molecular flexibility index (Phi) is 8.94. The fourth-order valence-corrected chi connectivity index (χ4v) is 3.13. The zero-order valence-corrected chi connectivity index (χ0v) is 13.5. The number of carbonyl (C=O) groups excluding carboxylic acids is 1. The molecule has 0 aliphatic rings. The topological polar surface area (TPSA) is 55.8 Å². The molecule has 1 aromatic rings. The third kappa shape index (κ3) is 7.39. The van der Waals surface area contributed by atoms with Crippen molar-refractivity contribution < 1.29 is 19.4 Å². The first-order valence-corrected chi connectivity index (χ1v) is 8.23. The van der Waals surface area contributed by atoms with Gasteiger partial charge in [0.2, 0.25) is 0 Å². The van der Waals surface area contributed by atoms with Crippen LogP contribution in [-0.2, 0) is 9.53 Å². The highest BCUT2D eigenvalue weighted by molar-refractivity contribution is 8.00. The van der Waals surface area contributed by atoms with Crippen LogP contribution in [0.25, 0.3) is 0 Å². The van der Waals surface area contributed by atoms with Gasteiger partial charge in [0, 0.05) is 16.8 Å². The fraction of sp³-hybridized carbons (Fsp3) is 0.562. The number of hydrogen-bond donors (Lipinski definition) is 1. The van der Waals surface area contributed by atoms with Crippen LogP contribution in [0.5, 0.6) is 5.75 Å². The van der Waals surface area contributed by atoms with E-state index in [4.69, 9.17) is 14.6 Å². The molecule has 0 saturated carbocycles. The van der Waals surface area contributed by atoms with Crippen LogP contribution in [0.3, 0.4) is 0 Å². The molecular formula is C16H24O4S. The molecule has 0 aliphatic heterocycles. The zero-order valence-electron chi connectivity index (χ0n) is 12.7. The van der Waals surface area contributed by atoms with E-state index in [-0.39, 0.29) is 19.2 Å². The lowest BCUT2D eigenvalue weighted by Gasteiger charge is -2.14. The molecule has 1 N–H and O–H groups in total. The van der Waals surface area contributed by atoms with Crippen LogP contribution in [0.4, 0.5) is 0 Å². The Bertz CT molecular complexity index is 399. The molecule has 5 heteroatoms. The number of carbonyl (C=O) groups is 1. The largest absolute Gasteiger partial charge is 0.482 e. The van der Waals surface area contributed by atoms with E-state index in [9.17, 15) is 4.79 Å². The molecule has 0 fully saturated rings. The molecule has 118 valence electrons. The molecule has 1 rings (SSSR count). The lowest BCUT2D eigenvalue weighted by molar-refractivity contribution is -0.145. The smallest absolute Gasteiger partial charge is 0.344 e. The Morgan fingerprint density at radius 3 is 2.52 bits per heavy atom. The highest BCUT2D eigenvalue weighted by atomic mass is 32.2. The minimum absolute atomic E-state index is 0.0662. The van der Waals surface area contributed by atoms with Gasteiger partial charge >= 0.3 is 5.97 Å². The van der Waals surface area contributed by atoms with Crippen LogP contribution < -0.4 is 4.74 Å². The summed E-state index contributed by atoms with van der Waals surface area (Å²) in [6.07, 6.45) is 3.00. The molecule has 0 spiro atoms. The zero-order chi connectivity index (χ0) is 15.5. The molecule has 0 heterocycles. The summed E-state index contributed by atoms with van der Waals surface area (Å²) >= 11 is 1.77. The van der Waals surface area contributed by atoms with Crippen LogP contribution in [0.2, 0.25) is 0 Å². The van der Waals surface area contributed by atoms with Gasteiger partial charge in [-0.15, -0.1) is 11.8 Å². The Hall–Kier alpha value is -1.20. The third-order valence-corrected chi connectivity index (χ3v) is 4.20. The lowest BCUT2D eigenvalue weighted by atomic mass is 10.2. The van der Waals surface area contributed by atoms with Gasteiger partial charge in [-0.1, -0.05) is 13.3 Å². The number of benzene rings is 1. The van der Waals surface area contributed by atoms with Gasteiger partial charge in [0.1, 0.15) is 5.75 Å². The monoisotopic (exact) mass is 312 g/mol. The van der Waals surface area contributed by atoms with Crippen molar-refractivity contribution in [1.82, 2.24) is 0 Å². The number of aliphatic hydroxyl groups is 1. The van der Waals surface area contributed by atoms with Crippen LogP contribution in [0, 0.1) is 0 Å². The SMILES string of the molecule is CCCC(CCO)Sc1ccc(OCC(=O)OCC)cc1. The van der Waals surface area contributed by atoms with Crippen LogP contribution in [0.1, 0.15) is 33.1 Å². The first-order valence-electron chi connectivity index (χ1n) is 7.35. The maximum Gasteiger partial charge on any atom is 0.344 e. The van der Waals surface area contributed by atoms with E-state index in [1.165, 1.54) is 0 Å². The minimum atomic E-state index is -0.359. The number of thioether (sulfide) groups is 1. The van der Waals surface area contributed by atoms with Crippen molar-refractivity contribution in [3.8, 4) is 5.75 Å². The van der Waals surface area contributed by atoms with Gasteiger partial charge in [-0.2, -0.15) is 0 Å². The summed E-state index contributed by atoms with van der Waals surface area (Å²) in [5.41, 5.74) is 0. The van der Waals surface area contributed by atoms with Gasteiger partial charge in [0.05, 0.1) is 6.61 Å². The highest BCUT2D eigenvalue weighted by Gasteiger charge is 2.09. The Morgan fingerprint density at radius 1 is 1.24 bits per heavy atom. The second-order valence-electron chi connectivity index (χ2n) is 4.61. The molecule has 1 atom stereocenters. The third-order valence-electron chi connectivity index (χ3n) is 2.85. The maximum absolute atomic E-state index is 11.2. The normalized spacial score (nSPS) is 12.0. The molecule has 0 radical (unpaired) electrons. The Labute approximate surface area is 130 Å². The van der Waals surface area contributed by atoms with E-state index < -0.39 is 0 Å². The first-order chi connectivity index (χ1) is 10.2. The molecule has 1 unspecified atom stereocenters. The van der Waals surface area contributed by atoms with Crippen molar-refractivity contribution in [2.75, 3.05) is 19.8 Å². The standard InChI is InChI=1S/C16H24O4S/c1-3-5-14(10-11-17)21-15-8-6-13(7-9-15)20-12-16(18)19-4-2/h6-9,14,17H,3-5,10-12H2,1-2H3. The molecule has 0 amide bonds. The predicted molar refractivity (Wildman–Crippen MR) is 84.8 cm³/mol. The van der Waals surface area contributed by atoms with Crippen molar-refractivity contribution in [2.24, 2.45) is 0 Å². The summed E-state index contributed by atoms with van der Waals surface area (Å²) in [5.74, 6) is 0.295. The minimum Gasteiger partial charge on any atom is -0.482 e. The van der Waals surface area contributed by atoms with Gasteiger partial charge in [-0.3, -0.25) is 0 Å². The molecule has 1 aromatic carbocycles. The van der Waals surface area contributed by atoms with Crippen molar-refractivity contribution in [1.29, 1.82) is 0 Å². The van der Waals surface area contributed by atoms with E-state index in [1.54, 1.807) is 18.7 Å². The molecule has 0 saturated heterocycles. The van der Waals surface area contributed by atoms with Crippen molar-refractivity contribution >= 4 is 17.7 Å². The van der Waals surface area contributed by atoms with Crippen LogP contribution in [0.15, 0.2) is 29.2 Å². The maximum atomic E-state index is 11.2. The molecule has 0 bridgehead atoms. The van der Waals surface area contributed by atoms with Crippen LogP contribution in [-0.4, -0.2) is 36.1 Å². The molecule has 0 aromatic heterocycles. The lowest BCUT2D eigenvalue weighted by Crippen LogP contribution is -2.14. The summed E-state index contributed by atoms with van der Waals surface area (Å²) < 4.78 is 10.2. The number of aliphatic hydroxyl groups excluding tert-OH is 1. The van der Waals surface area contributed by atoms with Gasteiger partial charge in [-0.25, -0.2) is 4.79 Å². The summed E-state index contributed by atoms with van der Waals surface area (Å²) in [5, 5.41) is 9.51. The Morgan fingerprint density at radius 2 is 1.95 bits per heavy atom. The summed E-state index contributed by atoms with van der Waals surface area (Å²) in [6, 6.07) is 7.66. The highest BCUT2D eigenvalue weighted by Crippen LogP contribution is 2.29. The number of esters is 1. The summed E-state index contributed by atoms with van der Waals surface area (Å²) in [4.78, 5) is 12.3. The first kappa shape index (κ1) is 17.9. The summed E-state index contributed by atoms with van der Waals surface area (Å²) in [6.45, 7) is 4.43. The van der Waals surface area contributed by atoms with Gasteiger partial charge in [-0.05, 0) is 44.0 Å². The van der Waals surface area contributed by atoms with Crippen molar-refractivity contribution in [3.63, 3.8) is 0 Å². The van der Waals surface area contributed by atoms with E-state index in [2.05, 4.69) is 6.92 Å². The predicted octanol–water partition coefficient (Wildman–Crippen LogP) is 3.27. The Balaban J connectivity index is 2.47. The number of ether oxygens (including phenoxy) is 2. The van der Waals surface area contributed by atoms with Crippen molar-refractivity contribution in [2.45, 2.75) is 43.3 Å². The summed E-state index contributed by atoms with van der Waals surface area (Å²) in [7, 11) is 0. The second-order valence-corrected chi connectivity index (χ2v) is 5.98. The van der Waals surface area contributed by atoms with Gasteiger partial charge in [0.25, 0.3) is 0 Å². The fourth-order valence-electron chi connectivity index (χ4n) is 1.88. The van der Waals surface area contributed by atoms with E-state index in [1.807, 2.05) is 24.3 Å². The molecule has 4 nitrogen and oxygen atoms in total. The van der Waals surface area contributed by atoms with Gasteiger partial charge < -0.3 is 14.6 Å². The molecular weight excluding hydrogens is 288 g/mol. The molecule has 21 heavy (non-hydrogen) atoms. The quantitative estimate of drug-likeness (QED) is 0.531. The average molecular weight is 312 g/mol. The number of hydrogen-bond acceptors (Lipinski definition) is 5. The molecule has 0 aliphatic carbocycles. The van der Waals surface area contributed by atoms with Crippen molar-refractivity contribution in [3.05, 3.63) is 24.3 Å². The van der Waals surface area contributed by atoms with Gasteiger partial charge in [0.15, 0.2) is 6.61 Å². The van der Waals surface area contributed by atoms with E-state index >= 15 is 0 Å².